The fraction of sp³-hybridized carbons (Fsp3) is 0. The molecule has 0 bridgehead atoms. The second kappa shape index (κ2) is 8.30. The van der Waals surface area contributed by atoms with Gasteiger partial charge in [-0.05, 0) is 30.3 Å². The maximum absolute atomic E-state index is 6.30. The Morgan fingerprint density at radius 2 is 1.26 bits per heavy atom. The van der Waals surface area contributed by atoms with Crippen molar-refractivity contribution in [3.63, 3.8) is 0 Å². The molecule has 0 amide bonds. The molecule has 5 nitrogen and oxygen atoms in total. The molecule has 4 heterocycles. The van der Waals surface area contributed by atoms with Gasteiger partial charge in [0, 0.05) is 43.4 Å². The van der Waals surface area contributed by atoms with Crippen LogP contribution in [-0.2, 0) is 0 Å². The third kappa shape index (κ3) is 3.05. The van der Waals surface area contributed by atoms with Crippen LogP contribution in [0.4, 0.5) is 0 Å². The molecule has 0 fully saturated rings. The standard InChI is InChI=1S/C38H22N4O/c1-2-10-22(11-3-1)34-28-20-21-32-33(27-14-6-9-17-31(27)43-32)35(28)41-38(40-34)42-30-16-8-5-13-24(30)26-19-18-25-23-12-4-7-15-29(23)39-36(25)37(26)42/h1-21,39H. The molecule has 1 N–H and O–H groups in total. The van der Waals surface area contributed by atoms with E-state index in [0.717, 1.165) is 76.9 Å². The lowest BCUT2D eigenvalue weighted by Gasteiger charge is -2.12. The molecule has 0 saturated heterocycles. The molecule has 10 aromatic rings. The highest BCUT2D eigenvalue weighted by Crippen LogP contribution is 2.41. The van der Waals surface area contributed by atoms with Gasteiger partial charge in [-0.15, -0.1) is 0 Å². The first-order valence-corrected chi connectivity index (χ1v) is 14.4. The largest absolute Gasteiger partial charge is 0.456 e. The van der Waals surface area contributed by atoms with Gasteiger partial charge in [0.15, 0.2) is 0 Å². The summed E-state index contributed by atoms with van der Waals surface area (Å²) in [5.41, 5.74) is 8.79. The molecule has 0 aliphatic carbocycles. The molecule has 10 rings (SSSR count). The van der Waals surface area contributed by atoms with Crippen LogP contribution in [0.25, 0.3) is 93.7 Å². The number of H-pyrrole nitrogens is 1. The van der Waals surface area contributed by atoms with Crippen molar-refractivity contribution >= 4 is 76.5 Å². The van der Waals surface area contributed by atoms with Crippen LogP contribution in [0.5, 0.6) is 0 Å². The summed E-state index contributed by atoms with van der Waals surface area (Å²) in [5.74, 6) is 0.626. The third-order valence-electron chi connectivity index (χ3n) is 8.76. The van der Waals surface area contributed by atoms with E-state index >= 15 is 0 Å². The first kappa shape index (κ1) is 22.7. The van der Waals surface area contributed by atoms with Crippen molar-refractivity contribution in [1.82, 2.24) is 19.5 Å². The molecule has 0 spiro atoms. The first-order valence-electron chi connectivity index (χ1n) is 14.4. The lowest BCUT2D eigenvalue weighted by molar-refractivity contribution is 0.669. The molecule has 4 aromatic heterocycles. The fourth-order valence-corrected chi connectivity index (χ4v) is 6.89. The van der Waals surface area contributed by atoms with E-state index in [1.54, 1.807) is 0 Å². The maximum atomic E-state index is 6.30. The van der Waals surface area contributed by atoms with E-state index in [9.17, 15) is 0 Å². The molecule has 0 aliphatic heterocycles. The zero-order valence-corrected chi connectivity index (χ0v) is 22.9. The highest BCUT2D eigenvalue weighted by atomic mass is 16.3. The Hall–Kier alpha value is -5.94. The number of fused-ring (bicyclic) bond motifs is 12. The van der Waals surface area contributed by atoms with Crippen molar-refractivity contribution in [2.75, 3.05) is 0 Å². The van der Waals surface area contributed by atoms with E-state index < -0.39 is 0 Å². The van der Waals surface area contributed by atoms with Gasteiger partial charge in [0.05, 0.1) is 33.1 Å². The van der Waals surface area contributed by atoms with E-state index in [1.165, 1.54) is 10.8 Å². The quantitative estimate of drug-likeness (QED) is 0.233. The smallest absolute Gasteiger partial charge is 0.235 e. The van der Waals surface area contributed by atoms with E-state index in [-0.39, 0.29) is 0 Å². The monoisotopic (exact) mass is 550 g/mol. The average Bonchev–Trinajstić information content (AvgIpc) is 3.74. The number of furan rings is 1. The van der Waals surface area contributed by atoms with Crippen LogP contribution in [0.2, 0.25) is 0 Å². The van der Waals surface area contributed by atoms with Crippen molar-refractivity contribution in [3.05, 3.63) is 127 Å². The number of aromatic amines is 1. The summed E-state index contributed by atoms with van der Waals surface area (Å²) in [6, 6.07) is 44.2. The Bertz CT molecular complexity index is 2730. The zero-order valence-electron chi connectivity index (χ0n) is 22.9. The summed E-state index contributed by atoms with van der Waals surface area (Å²) in [6.45, 7) is 0. The molecule has 0 atom stereocenters. The van der Waals surface area contributed by atoms with E-state index in [4.69, 9.17) is 14.4 Å². The number of para-hydroxylation sites is 3. The molecule has 0 radical (unpaired) electrons. The number of nitrogens with zero attached hydrogens (tertiary/aromatic N) is 3. The van der Waals surface area contributed by atoms with Crippen molar-refractivity contribution in [2.24, 2.45) is 0 Å². The van der Waals surface area contributed by atoms with Crippen LogP contribution in [0.15, 0.2) is 132 Å². The molecule has 0 unspecified atom stereocenters. The summed E-state index contributed by atoms with van der Waals surface area (Å²) in [7, 11) is 0. The highest BCUT2D eigenvalue weighted by Gasteiger charge is 2.22. The minimum atomic E-state index is 0.626. The second-order valence-electron chi connectivity index (χ2n) is 11.1. The normalized spacial score (nSPS) is 12.2. The molecule has 5 heteroatoms. The van der Waals surface area contributed by atoms with Crippen molar-refractivity contribution in [3.8, 4) is 17.2 Å². The van der Waals surface area contributed by atoms with Gasteiger partial charge in [-0.2, -0.15) is 0 Å². The number of hydrogen-bond acceptors (Lipinski definition) is 3. The van der Waals surface area contributed by atoms with Crippen LogP contribution in [0.3, 0.4) is 0 Å². The van der Waals surface area contributed by atoms with E-state index in [0.29, 0.717) is 5.95 Å². The van der Waals surface area contributed by atoms with Gasteiger partial charge in [-0.3, -0.25) is 4.57 Å². The average molecular weight is 551 g/mol. The third-order valence-corrected chi connectivity index (χ3v) is 8.76. The fourth-order valence-electron chi connectivity index (χ4n) is 6.89. The van der Waals surface area contributed by atoms with Gasteiger partial charge >= 0.3 is 0 Å². The molecular formula is C38H22N4O. The van der Waals surface area contributed by atoms with Crippen molar-refractivity contribution in [1.29, 1.82) is 0 Å². The van der Waals surface area contributed by atoms with Crippen LogP contribution >= 0.6 is 0 Å². The predicted molar refractivity (Wildman–Crippen MR) is 176 cm³/mol. The van der Waals surface area contributed by atoms with Crippen LogP contribution < -0.4 is 0 Å². The molecule has 0 saturated carbocycles. The lowest BCUT2D eigenvalue weighted by atomic mass is 10.0. The van der Waals surface area contributed by atoms with Crippen LogP contribution in [-0.4, -0.2) is 19.5 Å². The Morgan fingerprint density at radius 1 is 0.535 bits per heavy atom. The van der Waals surface area contributed by atoms with Crippen LogP contribution in [0, 0.1) is 0 Å². The topological polar surface area (TPSA) is 59.6 Å². The molecule has 6 aromatic carbocycles. The van der Waals surface area contributed by atoms with Crippen molar-refractivity contribution in [2.45, 2.75) is 0 Å². The summed E-state index contributed by atoms with van der Waals surface area (Å²) in [4.78, 5) is 14.5. The minimum absolute atomic E-state index is 0.626. The van der Waals surface area contributed by atoms with Crippen molar-refractivity contribution < 1.29 is 4.42 Å². The second-order valence-corrected chi connectivity index (χ2v) is 11.1. The van der Waals surface area contributed by atoms with Crippen LogP contribution in [0.1, 0.15) is 0 Å². The highest BCUT2D eigenvalue weighted by molar-refractivity contribution is 6.23. The Morgan fingerprint density at radius 3 is 2.16 bits per heavy atom. The number of hydrogen-bond donors (Lipinski definition) is 1. The number of benzene rings is 6. The zero-order chi connectivity index (χ0) is 28.1. The van der Waals surface area contributed by atoms with Gasteiger partial charge in [-0.1, -0.05) is 97.1 Å². The Labute approximate surface area is 244 Å². The van der Waals surface area contributed by atoms with Gasteiger partial charge in [0.2, 0.25) is 5.95 Å². The summed E-state index contributed by atoms with van der Waals surface area (Å²) in [5, 5.41) is 7.75. The molecule has 0 aliphatic rings. The van der Waals surface area contributed by atoms with Gasteiger partial charge < -0.3 is 9.40 Å². The SMILES string of the molecule is c1ccc(-c2nc(-n3c4ccccc4c4ccc5c6ccccc6[nH]c5c43)nc3c2ccc2oc4ccccc4c23)cc1. The first-order chi connectivity index (χ1) is 21.3. The van der Waals surface area contributed by atoms with E-state index in [2.05, 4.69) is 113 Å². The number of aromatic nitrogens is 4. The molecular weight excluding hydrogens is 528 g/mol. The maximum Gasteiger partial charge on any atom is 0.235 e. The molecule has 200 valence electrons. The van der Waals surface area contributed by atoms with Gasteiger partial charge in [0.1, 0.15) is 11.2 Å². The lowest BCUT2D eigenvalue weighted by Crippen LogP contribution is -2.04. The van der Waals surface area contributed by atoms with Gasteiger partial charge in [-0.25, -0.2) is 9.97 Å². The summed E-state index contributed by atoms with van der Waals surface area (Å²) < 4.78 is 8.53. The summed E-state index contributed by atoms with van der Waals surface area (Å²) >= 11 is 0. The Balaban J connectivity index is 1.43. The summed E-state index contributed by atoms with van der Waals surface area (Å²) in [6.07, 6.45) is 0. The predicted octanol–water partition coefficient (Wildman–Crippen LogP) is 9.93. The minimum Gasteiger partial charge on any atom is -0.456 e. The number of nitrogens with one attached hydrogen (secondary N) is 1. The van der Waals surface area contributed by atoms with Gasteiger partial charge in [0.25, 0.3) is 0 Å². The van der Waals surface area contributed by atoms with E-state index in [1.807, 2.05) is 24.3 Å². The molecule has 43 heavy (non-hydrogen) atoms. The Kier molecular flexibility index (Phi) is 4.39. The number of rotatable bonds is 2.